The Morgan fingerprint density at radius 2 is 2.10 bits per heavy atom. The number of nitrogen functional groups attached to an aromatic ring is 1. The van der Waals surface area contributed by atoms with Gasteiger partial charge >= 0.3 is 0 Å². The van der Waals surface area contributed by atoms with Gasteiger partial charge in [-0.3, -0.25) is 4.79 Å². The van der Waals surface area contributed by atoms with E-state index in [1.165, 1.54) is 12.1 Å². The standard InChI is InChI=1S/C15H13FN2O2/c16-10-3-1-2-9(6-10)7-14-15(19)18-12-8-11(17)4-5-13(12)20-14/h1-6,8,14H,7,17H2,(H,18,19). The quantitative estimate of drug-likeness (QED) is 0.825. The van der Waals surface area contributed by atoms with Crippen LogP contribution in [0.4, 0.5) is 15.8 Å². The van der Waals surface area contributed by atoms with Crippen molar-refractivity contribution >= 4 is 17.3 Å². The fourth-order valence-corrected chi connectivity index (χ4v) is 2.18. The minimum absolute atomic E-state index is 0.257. The number of hydrogen-bond acceptors (Lipinski definition) is 3. The van der Waals surface area contributed by atoms with Crippen LogP contribution >= 0.6 is 0 Å². The molecule has 0 fully saturated rings. The van der Waals surface area contributed by atoms with Crippen LogP contribution in [0.25, 0.3) is 0 Å². The molecule has 1 amide bonds. The maximum absolute atomic E-state index is 13.1. The maximum Gasteiger partial charge on any atom is 0.265 e. The molecular formula is C15H13FN2O2. The van der Waals surface area contributed by atoms with E-state index in [1.807, 2.05) is 0 Å². The van der Waals surface area contributed by atoms with Crippen molar-refractivity contribution in [2.75, 3.05) is 11.1 Å². The SMILES string of the molecule is Nc1ccc2c(c1)NC(=O)C(Cc1cccc(F)c1)O2. The molecule has 2 aromatic rings. The number of amides is 1. The van der Waals surface area contributed by atoms with Gasteiger partial charge in [0.1, 0.15) is 11.6 Å². The Kier molecular flexibility index (Phi) is 3.02. The molecule has 5 heteroatoms. The van der Waals surface area contributed by atoms with Gasteiger partial charge in [-0.1, -0.05) is 12.1 Å². The van der Waals surface area contributed by atoms with Crippen molar-refractivity contribution in [3.8, 4) is 5.75 Å². The first kappa shape index (κ1) is 12.5. The highest BCUT2D eigenvalue weighted by molar-refractivity contribution is 5.98. The summed E-state index contributed by atoms with van der Waals surface area (Å²) in [6, 6.07) is 11.2. The number of nitrogens with one attached hydrogen (secondary N) is 1. The number of ether oxygens (including phenoxy) is 1. The zero-order chi connectivity index (χ0) is 14.1. The molecule has 2 aromatic carbocycles. The number of halogens is 1. The van der Waals surface area contributed by atoms with Crippen LogP contribution in [-0.2, 0) is 11.2 Å². The number of hydrogen-bond donors (Lipinski definition) is 2. The van der Waals surface area contributed by atoms with Crippen molar-refractivity contribution in [1.29, 1.82) is 0 Å². The lowest BCUT2D eigenvalue weighted by molar-refractivity contribution is -0.123. The summed E-state index contributed by atoms with van der Waals surface area (Å²) < 4.78 is 18.8. The second-order valence-electron chi connectivity index (χ2n) is 4.69. The Morgan fingerprint density at radius 3 is 2.90 bits per heavy atom. The van der Waals surface area contributed by atoms with Gasteiger partial charge in [0.2, 0.25) is 0 Å². The number of fused-ring (bicyclic) bond motifs is 1. The van der Waals surface area contributed by atoms with Gasteiger partial charge < -0.3 is 15.8 Å². The summed E-state index contributed by atoms with van der Waals surface area (Å²) in [7, 11) is 0. The molecule has 3 N–H and O–H groups in total. The number of carbonyl (C=O) groups excluding carboxylic acids is 1. The monoisotopic (exact) mass is 272 g/mol. The average Bonchev–Trinajstić information content (AvgIpc) is 2.40. The van der Waals surface area contributed by atoms with Crippen LogP contribution in [0, 0.1) is 5.82 Å². The lowest BCUT2D eigenvalue weighted by Gasteiger charge is -2.26. The van der Waals surface area contributed by atoms with E-state index in [1.54, 1.807) is 30.3 Å². The number of rotatable bonds is 2. The second-order valence-corrected chi connectivity index (χ2v) is 4.69. The number of benzene rings is 2. The van der Waals surface area contributed by atoms with E-state index in [4.69, 9.17) is 10.5 Å². The molecule has 0 saturated heterocycles. The normalized spacial score (nSPS) is 17.1. The van der Waals surface area contributed by atoms with E-state index in [-0.39, 0.29) is 11.7 Å². The fraction of sp³-hybridized carbons (Fsp3) is 0.133. The predicted octanol–water partition coefficient (Wildman–Crippen LogP) is 2.35. The molecule has 0 saturated carbocycles. The van der Waals surface area contributed by atoms with Crippen LogP contribution in [0.1, 0.15) is 5.56 Å². The third kappa shape index (κ3) is 2.42. The molecule has 0 radical (unpaired) electrons. The topological polar surface area (TPSA) is 64.3 Å². The Morgan fingerprint density at radius 1 is 1.25 bits per heavy atom. The van der Waals surface area contributed by atoms with Crippen LogP contribution in [-0.4, -0.2) is 12.0 Å². The van der Waals surface area contributed by atoms with Crippen molar-refractivity contribution in [1.82, 2.24) is 0 Å². The fourth-order valence-electron chi connectivity index (χ4n) is 2.18. The first-order chi connectivity index (χ1) is 9.61. The van der Waals surface area contributed by atoms with E-state index in [2.05, 4.69) is 5.32 Å². The molecule has 3 rings (SSSR count). The highest BCUT2D eigenvalue weighted by Gasteiger charge is 2.27. The summed E-state index contributed by atoms with van der Waals surface area (Å²) >= 11 is 0. The van der Waals surface area contributed by atoms with E-state index < -0.39 is 6.10 Å². The Balaban J connectivity index is 1.82. The van der Waals surface area contributed by atoms with E-state index in [9.17, 15) is 9.18 Å². The summed E-state index contributed by atoms with van der Waals surface area (Å²) in [6.07, 6.45) is -0.360. The summed E-state index contributed by atoms with van der Waals surface area (Å²) in [5.74, 6) is -0.0144. The minimum Gasteiger partial charge on any atom is -0.478 e. The highest BCUT2D eigenvalue weighted by Crippen LogP contribution is 2.32. The zero-order valence-corrected chi connectivity index (χ0v) is 10.6. The van der Waals surface area contributed by atoms with Crippen LogP contribution in [0.3, 0.4) is 0 Å². The van der Waals surface area contributed by atoms with E-state index >= 15 is 0 Å². The lowest BCUT2D eigenvalue weighted by Crippen LogP contribution is -2.38. The molecule has 1 atom stereocenters. The molecule has 1 aliphatic rings. The largest absolute Gasteiger partial charge is 0.478 e. The minimum atomic E-state index is -0.673. The summed E-state index contributed by atoms with van der Waals surface area (Å²) in [6.45, 7) is 0. The first-order valence-corrected chi connectivity index (χ1v) is 6.23. The van der Waals surface area contributed by atoms with E-state index in [0.29, 0.717) is 29.1 Å². The smallest absolute Gasteiger partial charge is 0.265 e. The molecule has 0 spiro atoms. The van der Waals surface area contributed by atoms with E-state index in [0.717, 1.165) is 0 Å². The molecule has 1 heterocycles. The summed E-state index contributed by atoms with van der Waals surface area (Å²) in [4.78, 5) is 12.0. The van der Waals surface area contributed by atoms with Crippen molar-refractivity contribution in [3.05, 3.63) is 53.8 Å². The van der Waals surface area contributed by atoms with Crippen molar-refractivity contribution in [3.63, 3.8) is 0 Å². The lowest BCUT2D eigenvalue weighted by atomic mass is 10.1. The molecule has 1 unspecified atom stereocenters. The molecule has 102 valence electrons. The molecule has 0 aromatic heterocycles. The summed E-state index contributed by atoms with van der Waals surface area (Å²) in [5.41, 5.74) is 7.48. The number of carbonyl (C=O) groups is 1. The molecule has 4 nitrogen and oxygen atoms in total. The Hall–Kier alpha value is -2.56. The summed E-state index contributed by atoms with van der Waals surface area (Å²) in [5, 5.41) is 2.75. The van der Waals surface area contributed by atoms with Gasteiger partial charge in [0.25, 0.3) is 5.91 Å². The number of nitrogens with two attached hydrogens (primary N) is 1. The highest BCUT2D eigenvalue weighted by atomic mass is 19.1. The third-order valence-corrected chi connectivity index (χ3v) is 3.13. The number of anilines is 2. The van der Waals surface area contributed by atoms with Gasteiger partial charge in [-0.2, -0.15) is 0 Å². The van der Waals surface area contributed by atoms with Gasteiger partial charge in [-0.15, -0.1) is 0 Å². The Bertz CT molecular complexity index is 673. The molecule has 1 aliphatic heterocycles. The van der Waals surface area contributed by atoms with Crippen molar-refractivity contribution < 1.29 is 13.9 Å². The molecule has 20 heavy (non-hydrogen) atoms. The van der Waals surface area contributed by atoms with Crippen LogP contribution in [0.5, 0.6) is 5.75 Å². The van der Waals surface area contributed by atoms with Gasteiger partial charge in [-0.05, 0) is 35.9 Å². The van der Waals surface area contributed by atoms with Gasteiger partial charge in [0.05, 0.1) is 5.69 Å². The zero-order valence-electron chi connectivity index (χ0n) is 10.6. The Labute approximate surface area is 115 Å². The van der Waals surface area contributed by atoms with Crippen LogP contribution < -0.4 is 15.8 Å². The van der Waals surface area contributed by atoms with Gasteiger partial charge in [0, 0.05) is 12.1 Å². The third-order valence-electron chi connectivity index (χ3n) is 3.13. The second kappa shape index (κ2) is 4.85. The van der Waals surface area contributed by atoms with Gasteiger partial charge in [0.15, 0.2) is 6.10 Å². The first-order valence-electron chi connectivity index (χ1n) is 6.23. The maximum atomic E-state index is 13.1. The van der Waals surface area contributed by atoms with Crippen molar-refractivity contribution in [2.45, 2.75) is 12.5 Å². The average molecular weight is 272 g/mol. The van der Waals surface area contributed by atoms with Crippen LogP contribution in [0.2, 0.25) is 0 Å². The predicted molar refractivity (Wildman–Crippen MR) is 74.0 cm³/mol. The molecule has 0 aliphatic carbocycles. The molecular weight excluding hydrogens is 259 g/mol. The molecule has 0 bridgehead atoms. The van der Waals surface area contributed by atoms with Gasteiger partial charge in [-0.25, -0.2) is 4.39 Å². The van der Waals surface area contributed by atoms with Crippen LogP contribution in [0.15, 0.2) is 42.5 Å². The van der Waals surface area contributed by atoms with Crippen molar-refractivity contribution in [2.24, 2.45) is 0 Å².